The highest BCUT2D eigenvalue weighted by atomic mass is 35.5. The van der Waals surface area contributed by atoms with Crippen molar-refractivity contribution in [2.24, 2.45) is 5.73 Å². The van der Waals surface area contributed by atoms with Gasteiger partial charge in [0, 0.05) is 6.54 Å². The smallest absolute Gasteiger partial charge is 0.326 e. The highest BCUT2D eigenvalue weighted by molar-refractivity contribution is 5.88. The lowest BCUT2D eigenvalue weighted by Crippen LogP contribution is -2.54. The lowest BCUT2D eigenvalue weighted by molar-refractivity contribution is -0.149. The molecule has 2 rings (SSSR count). The Labute approximate surface area is 183 Å². The second kappa shape index (κ2) is 13.2. The number of nitrogens with zero attached hydrogens (tertiary/aromatic N) is 1. The molecule has 1 saturated heterocycles. The number of likely N-dealkylation sites (tertiary alicyclic amines) is 1. The lowest BCUT2D eigenvalue weighted by Gasteiger charge is -2.29. The number of hydrogen-bond acceptors (Lipinski definition) is 5. The Balaban J connectivity index is 0.00000450. The number of rotatable bonds is 12. The molecule has 1 amide bonds. The van der Waals surface area contributed by atoms with Crippen LogP contribution >= 0.6 is 12.4 Å². The molecule has 0 aliphatic carbocycles. The van der Waals surface area contributed by atoms with E-state index in [-0.39, 0.29) is 18.3 Å². The Hall–Kier alpha value is -2.16. The molecular formula is C21H32ClN3O5. The number of hydrogen-bond donors (Lipinski definition) is 4. The molecular weight excluding hydrogens is 410 g/mol. The van der Waals surface area contributed by atoms with E-state index in [9.17, 15) is 24.6 Å². The maximum atomic E-state index is 13.1. The van der Waals surface area contributed by atoms with Gasteiger partial charge in [-0.1, -0.05) is 36.8 Å². The summed E-state index contributed by atoms with van der Waals surface area (Å²) in [7, 11) is 0. The van der Waals surface area contributed by atoms with Crippen LogP contribution in [0.1, 0.15) is 44.1 Å². The largest absolute Gasteiger partial charge is 0.480 e. The molecule has 0 saturated carbocycles. The quantitative estimate of drug-likeness (QED) is 0.362. The summed E-state index contributed by atoms with van der Waals surface area (Å²) >= 11 is 0. The average Bonchev–Trinajstić information content (AvgIpc) is 3.20. The third kappa shape index (κ3) is 7.59. The predicted molar refractivity (Wildman–Crippen MR) is 116 cm³/mol. The van der Waals surface area contributed by atoms with E-state index in [2.05, 4.69) is 5.32 Å². The second-order valence-electron chi connectivity index (χ2n) is 7.45. The molecule has 168 valence electrons. The highest BCUT2D eigenvalue weighted by Crippen LogP contribution is 2.20. The molecule has 1 unspecified atom stereocenters. The molecule has 0 spiro atoms. The van der Waals surface area contributed by atoms with Gasteiger partial charge in [-0.05, 0) is 50.6 Å². The van der Waals surface area contributed by atoms with E-state index in [1.165, 1.54) is 4.90 Å². The van der Waals surface area contributed by atoms with Gasteiger partial charge in [0.15, 0.2) is 0 Å². The van der Waals surface area contributed by atoms with E-state index < -0.39 is 30.1 Å². The number of halogens is 1. The maximum absolute atomic E-state index is 13.1. The maximum Gasteiger partial charge on any atom is 0.326 e. The number of nitrogens with two attached hydrogens (primary N) is 1. The summed E-state index contributed by atoms with van der Waals surface area (Å²) in [4.78, 5) is 37.7. The molecule has 1 heterocycles. The number of aliphatic carboxylic acids is 2. The van der Waals surface area contributed by atoms with Crippen LogP contribution in [0.5, 0.6) is 0 Å². The Morgan fingerprint density at radius 3 is 2.40 bits per heavy atom. The minimum atomic E-state index is -1.02. The highest BCUT2D eigenvalue weighted by Gasteiger charge is 2.38. The van der Waals surface area contributed by atoms with Crippen molar-refractivity contribution in [2.75, 3.05) is 13.1 Å². The number of aryl methyl sites for hydroxylation is 1. The summed E-state index contributed by atoms with van der Waals surface area (Å²) in [6.45, 7) is 0.866. The first-order chi connectivity index (χ1) is 13.9. The van der Waals surface area contributed by atoms with Crippen LogP contribution in [-0.4, -0.2) is 64.2 Å². The predicted octanol–water partition coefficient (Wildman–Crippen LogP) is 1.66. The van der Waals surface area contributed by atoms with Crippen molar-refractivity contribution in [1.82, 2.24) is 10.2 Å². The third-order valence-corrected chi connectivity index (χ3v) is 5.33. The monoisotopic (exact) mass is 441 g/mol. The summed E-state index contributed by atoms with van der Waals surface area (Å²) in [5, 5.41) is 22.0. The van der Waals surface area contributed by atoms with Crippen molar-refractivity contribution >= 4 is 30.3 Å². The molecule has 0 aromatic heterocycles. The zero-order valence-electron chi connectivity index (χ0n) is 17.0. The van der Waals surface area contributed by atoms with E-state index in [4.69, 9.17) is 5.73 Å². The molecule has 3 atom stereocenters. The van der Waals surface area contributed by atoms with Gasteiger partial charge in [0.25, 0.3) is 0 Å². The molecule has 30 heavy (non-hydrogen) atoms. The number of carboxylic acids is 2. The number of unbranched alkanes of at least 4 members (excludes halogenated alkanes) is 1. The van der Waals surface area contributed by atoms with Crippen LogP contribution in [-0.2, 0) is 20.8 Å². The van der Waals surface area contributed by atoms with Gasteiger partial charge >= 0.3 is 11.9 Å². The van der Waals surface area contributed by atoms with Crippen molar-refractivity contribution in [2.45, 2.75) is 63.1 Å². The number of carbonyl (C=O) groups excluding carboxylic acids is 1. The van der Waals surface area contributed by atoms with Crippen LogP contribution < -0.4 is 11.1 Å². The van der Waals surface area contributed by atoms with Gasteiger partial charge in [-0.25, -0.2) is 4.79 Å². The second-order valence-corrected chi connectivity index (χ2v) is 7.45. The van der Waals surface area contributed by atoms with E-state index in [1.54, 1.807) is 0 Å². The van der Waals surface area contributed by atoms with Gasteiger partial charge in [0.1, 0.15) is 12.1 Å². The van der Waals surface area contributed by atoms with Crippen LogP contribution in [0.2, 0.25) is 0 Å². The summed E-state index contributed by atoms with van der Waals surface area (Å²) in [6, 6.07) is 7.10. The van der Waals surface area contributed by atoms with Crippen LogP contribution in [0.15, 0.2) is 30.3 Å². The standard InChI is InChI=1S/C21H31N3O5.ClH/c22-13-5-4-9-16(19(25)24-14-6-10-18(24)21(28)29)23-17(20(26)27)12-11-15-7-2-1-3-8-15;/h1-3,7-8,16-18,23H,4-6,9-14,22H2,(H,26,27)(H,28,29);1H/t16-,17?,18-;/m0./s1. The van der Waals surface area contributed by atoms with Crippen LogP contribution in [0.25, 0.3) is 0 Å². The average molecular weight is 442 g/mol. The van der Waals surface area contributed by atoms with Crippen molar-refractivity contribution in [3.63, 3.8) is 0 Å². The van der Waals surface area contributed by atoms with Crippen LogP contribution in [0.4, 0.5) is 0 Å². The fourth-order valence-electron chi connectivity index (χ4n) is 3.73. The first kappa shape index (κ1) is 25.9. The van der Waals surface area contributed by atoms with Gasteiger partial charge in [-0.15, -0.1) is 12.4 Å². The summed E-state index contributed by atoms with van der Waals surface area (Å²) in [5.41, 5.74) is 6.57. The zero-order chi connectivity index (χ0) is 21.2. The van der Waals surface area contributed by atoms with E-state index in [0.29, 0.717) is 51.6 Å². The fourth-order valence-corrected chi connectivity index (χ4v) is 3.73. The minimum absolute atomic E-state index is 0. The van der Waals surface area contributed by atoms with Crippen LogP contribution in [0, 0.1) is 0 Å². The van der Waals surface area contributed by atoms with Crippen molar-refractivity contribution < 1.29 is 24.6 Å². The van der Waals surface area contributed by atoms with E-state index in [0.717, 1.165) is 12.0 Å². The molecule has 1 fully saturated rings. The van der Waals surface area contributed by atoms with E-state index >= 15 is 0 Å². The number of nitrogens with one attached hydrogen (secondary N) is 1. The molecule has 1 aliphatic heterocycles. The van der Waals surface area contributed by atoms with Gasteiger partial charge in [-0.3, -0.25) is 14.9 Å². The molecule has 9 heteroatoms. The Morgan fingerprint density at radius 2 is 1.80 bits per heavy atom. The van der Waals surface area contributed by atoms with Crippen molar-refractivity contribution in [3.8, 4) is 0 Å². The molecule has 8 nitrogen and oxygen atoms in total. The van der Waals surface area contributed by atoms with Crippen molar-refractivity contribution in [1.29, 1.82) is 0 Å². The molecule has 1 aromatic rings. The number of benzene rings is 1. The molecule has 0 radical (unpaired) electrons. The molecule has 1 aliphatic rings. The summed E-state index contributed by atoms with van der Waals surface area (Å²) < 4.78 is 0. The van der Waals surface area contributed by atoms with E-state index in [1.807, 2.05) is 30.3 Å². The van der Waals surface area contributed by atoms with Crippen molar-refractivity contribution in [3.05, 3.63) is 35.9 Å². The third-order valence-electron chi connectivity index (χ3n) is 5.33. The number of amides is 1. The first-order valence-electron chi connectivity index (χ1n) is 10.2. The summed E-state index contributed by atoms with van der Waals surface area (Å²) in [6.07, 6.45) is 3.76. The topological polar surface area (TPSA) is 133 Å². The Bertz CT molecular complexity index is 688. The van der Waals surface area contributed by atoms with Gasteiger partial charge < -0.3 is 20.8 Å². The van der Waals surface area contributed by atoms with Gasteiger partial charge in [-0.2, -0.15) is 0 Å². The number of carbonyl (C=O) groups is 3. The fraction of sp³-hybridized carbons (Fsp3) is 0.571. The first-order valence-corrected chi connectivity index (χ1v) is 10.2. The normalized spacial score (nSPS) is 17.8. The Morgan fingerprint density at radius 1 is 1.10 bits per heavy atom. The van der Waals surface area contributed by atoms with Gasteiger partial charge in [0.05, 0.1) is 6.04 Å². The SMILES string of the molecule is Cl.NCCCC[C@H](NC(CCc1ccccc1)C(=O)O)C(=O)N1CCC[C@H]1C(=O)O. The lowest BCUT2D eigenvalue weighted by atomic mass is 10.0. The Kier molecular flexibility index (Phi) is 11.4. The molecule has 5 N–H and O–H groups in total. The van der Waals surface area contributed by atoms with Crippen LogP contribution in [0.3, 0.4) is 0 Å². The zero-order valence-corrected chi connectivity index (χ0v) is 17.9. The number of carboxylic acid groups (broad SMARTS) is 2. The molecule has 1 aromatic carbocycles. The van der Waals surface area contributed by atoms with Gasteiger partial charge in [0.2, 0.25) is 5.91 Å². The molecule has 0 bridgehead atoms. The minimum Gasteiger partial charge on any atom is -0.480 e. The summed E-state index contributed by atoms with van der Waals surface area (Å²) in [5.74, 6) is -2.37.